The molecule has 1 aromatic rings. The van der Waals surface area contributed by atoms with Gasteiger partial charge in [0.1, 0.15) is 0 Å². The quantitative estimate of drug-likeness (QED) is 0.742. The lowest BCUT2D eigenvalue weighted by Gasteiger charge is -2.18. The van der Waals surface area contributed by atoms with E-state index in [4.69, 9.17) is 0 Å². The molecule has 0 N–H and O–H groups in total. The van der Waals surface area contributed by atoms with E-state index in [0.29, 0.717) is 12.1 Å². The number of nitrogens with zero attached hydrogens (tertiary/aromatic N) is 1. The van der Waals surface area contributed by atoms with Crippen molar-refractivity contribution in [1.82, 2.24) is 0 Å². The van der Waals surface area contributed by atoms with Gasteiger partial charge < -0.3 is 0 Å². The largest absolute Gasteiger partial charge is 0.274 e. The molecule has 0 spiro atoms. The van der Waals surface area contributed by atoms with E-state index in [9.17, 15) is 9.59 Å². The Kier molecular flexibility index (Phi) is 3.61. The molecule has 1 aromatic carbocycles. The Morgan fingerprint density at radius 2 is 1.73 bits per heavy atom. The molecule has 1 rings (SSSR count). The molecule has 15 heavy (non-hydrogen) atoms. The molecule has 0 saturated carbocycles. The molecular formula is C12H15NO2. The fourth-order valence-corrected chi connectivity index (χ4v) is 1.35. The Balaban J connectivity index is 3.04. The molecule has 0 radical (unpaired) electrons. The van der Waals surface area contributed by atoms with E-state index in [1.807, 2.05) is 19.1 Å². The standard InChI is InChI=1S/C12H15NO2/c1-4-12(15)13(10(3)14)11-7-5-9(2)6-8-11/h5-8H,4H2,1-3H3. The van der Waals surface area contributed by atoms with Crippen molar-refractivity contribution < 1.29 is 9.59 Å². The van der Waals surface area contributed by atoms with Crippen molar-refractivity contribution in [3.05, 3.63) is 29.8 Å². The predicted molar refractivity (Wildman–Crippen MR) is 59.6 cm³/mol. The number of hydrogen-bond donors (Lipinski definition) is 0. The van der Waals surface area contributed by atoms with Gasteiger partial charge in [-0.2, -0.15) is 0 Å². The predicted octanol–water partition coefficient (Wildman–Crippen LogP) is 2.28. The van der Waals surface area contributed by atoms with Gasteiger partial charge >= 0.3 is 0 Å². The number of anilines is 1. The van der Waals surface area contributed by atoms with Crippen LogP contribution in [-0.2, 0) is 9.59 Å². The minimum atomic E-state index is -0.245. The first-order valence-corrected chi connectivity index (χ1v) is 4.96. The van der Waals surface area contributed by atoms with Crippen molar-refractivity contribution in [3.63, 3.8) is 0 Å². The van der Waals surface area contributed by atoms with Crippen molar-refractivity contribution in [2.24, 2.45) is 0 Å². The van der Waals surface area contributed by atoms with Gasteiger partial charge in [0.05, 0.1) is 5.69 Å². The van der Waals surface area contributed by atoms with E-state index in [0.717, 1.165) is 5.56 Å². The molecule has 80 valence electrons. The molecule has 0 unspecified atom stereocenters. The Labute approximate surface area is 89.7 Å². The van der Waals surface area contributed by atoms with Crippen LogP contribution in [0.2, 0.25) is 0 Å². The second-order valence-corrected chi connectivity index (χ2v) is 3.44. The average Bonchev–Trinajstić information content (AvgIpc) is 2.20. The molecule has 0 aliphatic carbocycles. The van der Waals surface area contributed by atoms with Crippen molar-refractivity contribution >= 4 is 17.5 Å². The fraction of sp³-hybridized carbons (Fsp3) is 0.333. The zero-order valence-electron chi connectivity index (χ0n) is 9.28. The van der Waals surface area contributed by atoms with Gasteiger partial charge in [0.25, 0.3) is 0 Å². The third-order valence-corrected chi connectivity index (χ3v) is 2.16. The summed E-state index contributed by atoms with van der Waals surface area (Å²) in [6, 6.07) is 7.33. The van der Waals surface area contributed by atoms with Gasteiger partial charge in [-0.15, -0.1) is 0 Å². The van der Waals surface area contributed by atoms with Gasteiger partial charge in [-0.05, 0) is 19.1 Å². The first-order valence-electron chi connectivity index (χ1n) is 4.96. The molecule has 3 heteroatoms. The van der Waals surface area contributed by atoms with Crippen LogP contribution in [0.5, 0.6) is 0 Å². The maximum absolute atomic E-state index is 11.5. The highest BCUT2D eigenvalue weighted by Crippen LogP contribution is 2.16. The molecule has 0 saturated heterocycles. The van der Waals surface area contributed by atoms with Crippen LogP contribution in [0, 0.1) is 6.92 Å². The lowest BCUT2D eigenvalue weighted by molar-refractivity contribution is -0.125. The third kappa shape index (κ3) is 2.65. The highest BCUT2D eigenvalue weighted by Gasteiger charge is 2.17. The van der Waals surface area contributed by atoms with E-state index < -0.39 is 0 Å². The van der Waals surface area contributed by atoms with Gasteiger partial charge in [-0.1, -0.05) is 24.6 Å². The van der Waals surface area contributed by atoms with E-state index in [1.165, 1.54) is 11.8 Å². The van der Waals surface area contributed by atoms with Gasteiger partial charge in [-0.25, -0.2) is 0 Å². The second-order valence-electron chi connectivity index (χ2n) is 3.44. The summed E-state index contributed by atoms with van der Waals surface area (Å²) < 4.78 is 0. The highest BCUT2D eigenvalue weighted by molar-refractivity contribution is 6.13. The normalized spacial score (nSPS) is 9.80. The van der Waals surface area contributed by atoms with Crippen LogP contribution in [-0.4, -0.2) is 11.8 Å². The number of aryl methyl sites for hydroxylation is 1. The van der Waals surface area contributed by atoms with Crippen molar-refractivity contribution in [2.75, 3.05) is 4.90 Å². The highest BCUT2D eigenvalue weighted by atomic mass is 16.2. The molecule has 0 aliphatic heterocycles. The van der Waals surface area contributed by atoms with Gasteiger partial charge in [-0.3, -0.25) is 14.5 Å². The lowest BCUT2D eigenvalue weighted by Crippen LogP contribution is -2.34. The van der Waals surface area contributed by atoms with Crippen LogP contribution < -0.4 is 4.90 Å². The number of carbonyl (C=O) groups excluding carboxylic acids is 2. The summed E-state index contributed by atoms with van der Waals surface area (Å²) in [7, 11) is 0. The number of carbonyl (C=O) groups is 2. The zero-order valence-corrected chi connectivity index (χ0v) is 9.28. The zero-order chi connectivity index (χ0) is 11.4. The molecule has 0 aromatic heterocycles. The Hall–Kier alpha value is -1.64. The SMILES string of the molecule is CCC(=O)N(C(C)=O)c1ccc(C)cc1. The monoisotopic (exact) mass is 205 g/mol. The van der Waals surface area contributed by atoms with Crippen LogP contribution >= 0.6 is 0 Å². The smallest absolute Gasteiger partial charge is 0.233 e. The Morgan fingerprint density at radius 1 is 1.20 bits per heavy atom. The summed E-state index contributed by atoms with van der Waals surface area (Å²) in [5, 5.41) is 0. The van der Waals surface area contributed by atoms with Crippen molar-refractivity contribution in [1.29, 1.82) is 0 Å². The van der Waals surface area contributed by atoms with Crippen molar-refractivity contribution in [2.45, 2.75) is 27.2 Å². The summed E-state index contributed by atoms with van der Waals surface area (Å²) >= 11 is 0. The summed E-state index contributed by atoms with van der Waals surface area (Å²) in [5.74, 6) is -0.419. The fourth-order valence-electron chi connectivity index (χ4n) is 1.35. The van der Waals surface area contributed by atoms with E-state index in [2.05, 4.69) is 0 Å². The number of benzene rings is 1. The van der Waals surface area contributed by atoms with Crippen LogP contribution in [0.25, 0.3) is 0 Å². The maximum atomic E-state index is 11.5. The molecule has 0 heterocycles. The van der Waals surface area contributed by atoms with Crippen LogP contribution in [0.15, 0.2) is 24.3 Å². The molecule has 0 aliphatic rings. The van der Waals surface area contributed by atoms with Gasteiger partial charge in [0, 0.05) is 13.3 Å². The Morgan fingerprint density at radius 3 is 2.13 bits per heavy atom. The molecule has 0 atom stereocenters. The summed E-state index contributed by atoms with van der Waals surface area (Å²) in [6.07, 6.45) is 0.327. The lowest BCUT2D eigenvalue weighted by atomic mass is 10.2. The number of amides is 2. The Bertz CT molecular complexity index is 368. The minimum Gasteiger partial charge on any atom is -0.274 e. The van der Waals surface area contributed by atoms with Gasteiger partial charge in [0.2, 0.25) is 11.8 Å². The van der Waals surface area contributed by atoms with E-state index in [-0.39, 0.29) is 11.8 Å². The molecule has 0 bridgehead atoms. The molecule has 2 amide bonds. The number of imide groups is 1. The third-order valence-electron chi connectivity index (χ3n) is 2.16. The van der Waals surface area contributed by atoms with Gasteiger partial charge in [0.15, 0.2) is 0 Å². The first kappa shape index (κ1) is 11.4. The molecule has 0 fully saturated rings. The minimum absolute atomic E-state index is 0.175. The number of hydrogen-bond acceptors (Lipinski definition) is 2. The average molecular weight is 205 g/mol. The molecular weight excluding hydrogens is 190 g/mol. The van der Waals surface area contributed by atoms with Crippen LogP contribution in [0.4, 0.5) is 5.69 Å². The summed E-state index contributed by atoms with van der Waals surface area (Å²) in [4.78, 5) is 24.1. The molecule has 3 nitrogen and oxygen atoms in total. The topological polar surface area (TPSA) is 37.4 Å². The van der Waals surface area contributed by atoms with Crippen molar-refractivity contribution in [3.8, 4) is 0 Å². The van der Waals surface area contributed by atoms with E-state index >= 15 is 0 Å². The van der Waals surface area contributed by atoms with Crippen LogP contribution in [0.3, 0.4) is 0 Å². The van der Waals surface area contributed by atoms with E-state index in [1.54, 1.807) is 19.1 Å². The second kappa shape index (κ2) is 4.73. The summed E-state index contributed by atoms with van der Waals surface area (Å²) in [5.41, 5.74) is 1.74. The summed E-state index contributed by atoms with van der Waals surface area (Å²) in [6.45, 7) is 5.10. The maximum Gasteiger partial charge on any atom is 0.233 e. The first-order chi connectivity index (χ1) is 7.06. The van der Waals surface area contributed by atoms with Crippen LogP contribution in [0.1, 0.15) is 25.8 Å². The number of rotatable bonds is 2.